The van der Waals surface area contributed by atoms with Crippen LogP contribution in [0.3, 0.4) is 0 Å². The third kappa shape index (κ3) is 4.31. The van der Waals surface area contributed by atoms with E-state index in [1.54, 1.807) is 4.72 Å². The van der Waals surface area contributed by atoms with Crippen LogP contribution in [0.4, 0.5) is 17.6 Å². The predicted molar refractivity (Wildman–Crippen MR) is 52.3 cm³/mol. The summed E-state index contributed by atoms with van der Waals surface area (Å²) < 4.78 is 73.0. The molecule has 1 aromatic carbocycles. The highest BCUT2D eigenvalue weighted by molar-refractivity contribution is 7.89. The third-order valence-corrected chi connectivity index (χ3v) is 3.32. The van der Waals surface area contributed by atoms with Gasteiger partial charge in [0.25, 0.3) is 0 Å². The molecule has 0 heterocycles. The van der Waals surface area contributed by atoms with Crippen LogP contribution in [0.5, 0.6) is 0 Å². The molecule has 0 saturated heterocycles. The summed E-state index contributed by atoms with van der Waals surface area (Å²) in [7, 11) is -4.24. The number of sulfonamides is 1. The Morgan fingerprint density at radius 3 is 2.29 bits per heavy atom. The van der Waals surface area contributed by atoms with Crippen LogP contribution in [0.2, 0.25) is 0 Å². The number of halogens is 4. The molecule has 17 heavy (non-hydrogen) atoms. The summed E-state index contributed by atoms with van der Waals surface area (Å²) in [6, 6.07) is 4.45. The zero-order valence-electron chi connectivity index (χ0n) is 8.46. The van der Waals surface area contributed by atoms with Crippen LogP contribution in [0.25, 0.3) is 0 Å². The number of hydrogen-bond acceptors (Lipinski definition) is 2. The van der Waals surface area contributed by atoms with Crippen molar-refractivity contribution in [2.45, 2.75) is 17.5 Å². The van der Waals surface area contributed by atoms with Gasteiger partial charge in [0.2, 0.25) is 10.0 Å². The summed E-state index contributed by atoms with van der Waals surface area (Å²) >= 11 is 0. The molecule has 0 aromatic heterocycles. The van der Waals surface area contributed by atoms with Crippen LogP contribution in [0.1, 0.15) is 6.42 Å². The monoisotopic (exact) mass is 271 g/mol. The summed E-state index contributed by atoms with van der Waals surface area (Å²) in [5.74, 6) is -1.01. The summed E-state index contributed by atoms with van der Waals surface area (Å²) in [4.78, 5) is -0.665. The molecule has 0 aliphatic heterocycles. The van der Waals surface area contributed by atoms with Crippen molar-refractivity contribution in [1.82, 2.24) is 4.72 Å². The van der Waals surface area contributed by atoms with Crippen molar-refractivity contribution < 1.29 is 26.0 Å². The normalized spacial score (nSPS) is 12.7. The van der Waals surface area contributed by atoms with Gasteiger partial charge in [-0.3, -0.25) is 0 Å². The molecule has 0 fully saturated rings. The van der Waals surface area contributed by atoms with Gasteiger partial charge in [-0.2, -0.15) is 13.2 Å². The molecule has 1 aromatic rings. The number of rotatable bonds is 4. The van der Waals surface area contributed by atoms with Crippen molar-refractivity contribution in [3.8, 4) is 0 Å². The molecule has 1 N–H and O–H groups in total. The molecule has 0 radical (unpaired) electrons. The minimum Gasteiger partial charge on any atom is -0.211 e. The lowest BCUT2D eigenvalue weighted by molar-refractivity contribution is -0.132. The van der Waals surface area contributed by atoms with Gasteiger partial charge in [-0.25, -0.2) is 17.5 Å². The summed E-state index contributed by atoms with van der Waals surface area (Å²) in [6.45, 7) is -0.819. The van der Waals surface area contributed by atoms with Gasteiger partial charge >= 0.3 is 6.18 Å². The van der Waals surface area contributed by atoms with Gasteiger partial charge in [0.05, 0.1) is 6.42 Å². The smallest absolute Gasteiger partial charge is 0.211 e. The Labute approximate surface area is 95.5 Å². The Bertz CT molecular complexity index is 484. The Hall–Kier alpha value is -1.15. The van der Waals surface area contributed by atoms with E-state index in [1.165, 1.54) is 12.1 Å². The fraction of sp³-hybridized carbons (Fsp3) is 0.333. The van der Waals surface area contributed by atoms with Gasteiger partial charge in [-0.1, -0.05) is 12.1 Å². The minimum absolute atomic E-state index is 0.665. The molecule has 8 heteroatoms. The molecule has 96 valence electrons. The quantitative estimate of drug-likeness (QED) is 0.852. The number of alkyl halides is 3. The van der Waals surface area contributed by atoms with E-state index < -0.39 is 39.9 Å². The third-order valence-electron chi connectivity index (χ3n) is 1.83. The molecular weight excluding hydrogens is 262 g/mol. The van der Waals surface area contributed by atoms with E-state index in [2.05, 4.69) is 0 Å². The van der Waals surface area contributed by atoms with Crippen molar-refractivity contribution in [1.29, 1.82) is 0 Å². The molecule has 0 aliphatic carbocycles. The molecule has 3 nitrogen and oxygen atoms in total. The van der Waals surface area contributed by atoms with Gasteiger partial charge in [0.15, 0.2) is 0 Å². The van der Waals surface area contributed by atoms with E-state index >= 15 is 0 Å². The van der Waals surface area contributed by atoms with Gasteiger partial charge < -0.3 is 0 Å². The summed E-state index contributed by atoms with van der Waals surface area (Å²) in [6.07, 6.45) is -5.77. The topological polar surface area (TPSA) is 46.2 Å². The average molecular weight is 271 g/mol. The van der Waals surface area contributed by atoms with Crippen LogP contribution in [-0.4, -0.2) is 21.1 Å². The molecule has 0 bridgehead atoms. The highest BCUT2D eigenvalue weighted by Gasteiger charge is 2.28. The number of nitrogens with one attached hydrogen (secondary N) is 1. The first-order chi connectivity index (χ1) is 7.72. The van der Waals surface area contributed by atoms with Gasteiger partial charge in [0.1, 0.15) is 10.7 Å². The molecule has 0 aliphatic rings. The van der Waals surface area contributed by atoms with Gasteiger partial charge in [0, 0.05) is 6.54 Å². The maximum atomic E-state index is 13.1. The maximum Gasteiger partial charge on any atom is 0.390 e. The Morgan fingerprint density at radius 1 is 1.18 bits per heavy atom. The van der Waals surface area contributed by atoms with E-state index in [0.717, 1.165) is 12.1 Å². The number of benzene rings is 1. The van der Waals surface area contributed by atoms with Crippen molar-refractivity contribution in [3.63, 3.8) is 0 Å². The first-order valence-corrected chi connectivity index (χ1v) is 6.02. The van der Waals surface area contributed by atoms with Crippen LogP contribution in [-0.2, 0) is 10.0 Å². The highest BCUT2D eigenvalue weighted by atomic mass is 32.2. The zero-order valence-corrected chi connectivity index (χ0v) is 9.28. The Morgan fingerprint density at radius 2 is 1.76 bits per heavy atom. The van der Waals surface area contributed by atoms with Crippen molar-refractivity contribution in [2.24, 2.45) is 0 Å². The molecule has 0 spiro atoms. The predicted octanol–water partition coefficient (Wildman–Crippen LogP) is 2.06. The first-order valence-electron chi connectivity index (χ1n) is 4.53. The van der Waals surface area contributed by atoms with Crippen LogP contribution in [0.15, 0.2) is 29.2 Å². The molecule has 0 unspecified atom stereocenters. The number of hydrogen-bond donors (Lipinski definition) is 1. The zero-order chi connectivity index (χ0) is 13.1. The Kier molecular flexibility index (Phi) is 4.10. The second kappa shape index (κ2) is 5.01. The van der Waals surface area contributed by atoms with Crippen LogP contribution >= 0.6 is 0 Å². The second-order valence-electron chi connectivity index (χ2n) is 3.19. The molecule has 0 atom stereocenters. The molecular formula is C9H9F4NO2S. The van der Waals surface area contributed by atoms with Crippen LogP contribution < -0.4 is 4.72 Å². The fourth-order valence-electron chi connectivity index (χ4n) is 1.07. The van der Waals surface area contributed by atoms with Crippen LogP contribution in [0, 0.1) is 5.82 Å². The van der Waals surface area contributed by atoms with E-state index in [9.17, 15) is 26.0 Å². The second-order valence-corrected chi connectivity index (χ2v) is 4.93. The van der Waals surface area contributed by atoms with E-state index in [1.807, 2.05) is 0 Å². The van der Waals surface area contributed by atoms with E-state index in [-0.39, 0.29) is 0 Å². The van der Waals surface area contributed by atoms with Gasteiger partial charge in [-0.05, 0) is 12.1 Å². The van der Waals surface area contributed by atoms with Crippen molar-refractivity contribution >= 4 is 10.0 Å². The lowest BCUT2D eigenvalue weighted by Crippen LogP contribution is -2.28. The summed E-state index contributed by atoms with van der Waals surface area (Å²) in [5.41, 5.74) is 0. The molecule has 0 saturated carbocycles. The highest BCUT2D eigenvalue weighted by Crippen LogP contribution is 2.19. The molecule has 0 amide bonds. The summed E-state index contributed by atoms with van der Waals surface area (Å²) in [5, 5.41) is 0. The Balaban J connectivity index is 2.74. The lowest BCUT2D eigenvalue weighted by atomic mass is 10.4. The SMILES string of the molecule is O=S(=O)(NCCC(F)(F)F)c1ccccc1F. The van der Waals surface area contributed by atoms with E-state index in [0.29, 0.717) is 0 Å². The van der Waals surface area contributed by atoms with Crippen molar-refractivity contribution in [2.75, 3.05) is 6.54 Å². The molecule has 1 rings (SSSR count). The minimum atomic E-state index is -4.46. The maximum absolute atomic E-state index is 13.1. The lowest BCUT2D eigenvalue weighted by Gasteiger charge is -2.09. The average Bonchev–Trinajstić information content (AvgIpc) is 2.15. The first kappa shape index (κ1) is 13.9. The van der Waals surface area contributed by atoms with Gasteiger partial charge in [-0.15, -0.1) is 0 Å². The standard InChI is InChI=1S/C9H9F4NO2S/c10-7-3-1-2-4-8(7)17(15,16)14-6-5-9(11,12)13/h1-4,14H,5-6H2. The largest absolute Gasteiger partial charge is 0.390 e. The fourth-order valence-corrected chi connectivity index (χ4v) is 2.18. The van der Waals surface area contributed by atoms with E-state index in [4.69, 9.17) is 0 Å². The van der Waals surface area contributed by atoms with Crippen molar-refractivity contribution in [3.05, 3.63) is 30.1 Å².